The van der Waals surface area contributed by atoms with E-state index >= 15 is 0 Å². The molecule has 1 aliphatic heterocycles. The van der Waals surface area contributed by atoms with E-state index in [1.54, 1.807) is 0 Å². The number of ether oxygens (including phenoxy) is 1. The summed E-state index contributed by atoms with van der Waals surface area (Å²) in [6.45, 7) is 0. The molecule has 0 radical (unpaired) electrons. The van der Waals surface area contributed by atoms with E-state index in [1.807, 2.05) is 78.9 Å². The molecule has 52 heavy (non-hydrogen) atoms. The number of nitriles is 1. The summed E-state index contributed by atoms with van der Waals surface area (Å²) >= 11 is 0. The first kappa shape index (κ1) is 31.2. The summed E-state index contributed by atoms with van der Waals surface area (Å²) in [6.07, 6.45) is 0. The highest BCUT2D eigenvalue weighted by atomic mass is 32.3. The van der Waals surface area contributed by atoms with Crippen LogP contribution >= 0.6 is 10.0 Å². The van der Waals surface area contributed by atoms with Crippen molar-refractivity contribution in [3.63, 3.8) is 0 Å². The van der Waals surface area contributed by atoms with Crippen LogP contribution in [0.5, 0.6) is 11.5 Å². The maximum Gasteiger partial charge on any atom is 0.164 e. The fourth-order valence-electron chi connectivity index (χ4n) is 6.91. The lowest BCUT2D eigenvalue weighted by Gasteiger charge is -2.46. The summed E-state index contributed by atoms with van der Waals surface area (Å²) in [6, 6.07) is 64.2. The van der Waals surface area contributed by atoms with Gasteiger partial charge in [-0.15, -0.1) is 10.0 Å². The molecule has 0 fully saturated rings. The van der Waals surface area contributed by atoms with Crippen molar-refractivity contribution in [1.29, 1.82) is 5.26 Å². The van der Waals surface area contributed by atoms with E-state index in [-0.39, 0.29) is 0 Å². The van der Waals surface area contributed by atoms with Crippen LogP contribution in [0.4, 0.5) is 0 Å². The molecule has 0 unspecified atom stereocenters. The van der Waals surface area contributed by atoms with Crippen LogP contribution in [0.15, 0.2) is 202 Å². The number of hydrogen-bond acceptors (Lipinski definition) is 5. The highest BCUT2D eigenvalue weighted by Crippen LogP contribution is 2.79. The molecule has 0 atom stereocenters. The average Bonchev–Trinajstić information content (AvgIpc) is 3.23. The lowest BCUT2D eigenvalue weighted by Crippen LogP contribution is -2.12. The van der Waals surface area contributed by atoms with Crippen molar-refractivity contribution < 1.29 is 4.74 Å². The van der Waals surface area contributed by atoms with E-state index in [0.29, 0.717) is 28.6 Å². The summed E-state index contributed by atoms with van der Waals surface area (Å²) < 4.78 is 6.93. The first-order valence-electron chi connectivity index (χ1n) is 17.0. The van der Waals surface area contributed by atoms with Gasteiger partial charge in [-0.1, -0.05) is 121 Å². The molecule has 6 heteroatoms. The summed E-state index contributed by atoms with van der Waals surface area (Å²) in [5.74, 6) is 3.19. The molecule has 0 aliphatic carbocycles. The lowest BCUT2D eigenvalue weighted by molar-refractivity contribution is 0.454. The van der Waals surface area contributed by atoms with Gasteiger partial charge in [0.05, 0.1) is 11.6 Å². The molecule has 0 saturated heterocycles. The molecule has 7 aromatic carbocycles. The predicted octanol–water partition coefficient (Wildman–Crippen LogP) is 11.9. The number of nitrogens with zero attached hydrogens (tertiary/aromatic N) is 4. The summed E-state index contributed by atoms with van der Waals surface area (Å²) in [4.78, 5) is 19.5. The Morgan fingerprint density at radius 2 is 0.923 bits per heavy atom. The van der Waals surface area contributed by atoms with Crippen molar-refractivity contribution in [3.8, 4) is 62.9 Å². The molecule has 1 aromatic heterocycles. The second kappa shape index (κ2) is 13.1. The standard InChI is InChI=1S/C46H30N4OS/c47-31-32-28-35(30-36(29-32)46-49-44(33-16-5-1-6-17-33)48-45(50-46)34-18-7-2-8-19-34)39-24-15-27-42-43(39)51-40-25-13-14-26-41(40)52(42,37-20-9-3-10-21-37)38-22-11-4-12-23-38/h1-30H. The van der Waals surface area contributed by atoms with Crippen molar-refractivity contribution in [3.05, 3.63) is 188 Å². The number of fused-ring (bicyclic) bond motifs is 2. The Labute approximate surface area is 303 Å². The molecule has 246 valence electrons. The summed E-state index contributed by atoms with van der Waals surface area (Å²) in [5.41, 5.74) is 4.69. The number of hydrogen-bond donors (Lipinski definition) is 0. The summed E-state index contributed by atoms with van der Waals surface area (Å²) in [7, 11) is -1.98. The molecule has 0 bridgehead atoms. The number of aromatic nitrogens is 3. The topological polar surface area (TPSA) is 71.7 Å². The first-order valence-corrected chi connectivity index (χ1v) is 18.6. The normalized spacial score (nSPS) is 13.1. The molecule has 8 aromatic rings. The van der Waals surface area contributed by atoms with Gasteiger partial charge in [-0.25, -0.2) is 15.0 Å². The van der Waals surface area contributed by atoms with E-state index in [4.69, 9.17) is 19.7 Å². The van der Waals surface area contributed by atoms with Crippen LogP contribution in [0.1, 0.15) is 5.56 Å². The minimum Gasteiger partial charge on any atom is -0.454 e. The fraction of sp³-hybridized carbons (Fsp3) is 0. The molecule has 0 saturated carbocycles. The van der Waals surface area contributed by atoms with Gasteiger partial charge in [-0.05, 0) is 66.2 Å². The molecule has 0 amide bonds. The van der Waals surface area contributed by atoms with Crippen molar-refractivity contribution >= 4 is 10.0 Å². The molecule has 2 heterocycles. The third-order valence-corrected chi connectivity index (χ3v) is 13.2. The van der Waals surface area contributed by atoms with Crippen molar-refractivity contribution in [2.75, 3.05) is 0 Å². The number of benzene rings is 7. The number of rotatable bonds is 6. The average molecular weight is 687 g/mol. The second-order valence-corrected chi connectivity index (χ2v) is 15.4. The Kier molecular flexibility index (Phi) is 7.88. The smallest absolute Gasteiger partial charge is 0.164 e. The van der Waals surface area contributed by atoms with Crippen LogP contribution in [0.2, 0.25) is 0 Å². The van der Waals surface area contributed by atoms with Crippen LogP contribution in [-0.2, 0) is 0 Å². The van der Waals surface area contributed by atoms with E-state index in [2.05, 4.69) is 109 Å². The zero-order chi connectivity index (χ0) is 34.9. The van der Waals surface area contributed by atoms with Crippen LogP contribution in [0, 0.1) is 11.3 Å². The third kappa shape index (κ3) is 5.32. The monoisotopic (exact) mass is 686 g/mol. The summed E-state index contributed by atoms with van der Waals surface area (Å²) in [5, 5.41) is 10.4. The SMILES string of the molecule is N#Cc1cc(-c2nc(-c3ccccc3)nc(-c3ccccc3)n2)cc(-c2cccc3c2Oc2ccccc2S3(c2ccccc2)c2ccccc2)c1. The highest BCUT2D eigenvalue weighted by Gasteiger charge is 2.41. The van der Waals surface area contributed by atoms with Gasteiger partial charge in [-0.2, -0.15) is 5.26 Å². The van der Waals surface area contributed by atoms with Gasteiger partial charge in [0.25, 0.3) is 0 Å². The van der Waals surface area contributed by atoms with Crippen LogP contribution in [-0.4, -0.2) is 15.0 Å². The Morgan fingerprint density at radius 1 is 0.442 bits per heavy atom. The largest absolute Gasteiger partial charge is 0.454 e. The molecule has 9 rings (SSSR count). The van der Waals surface area contributed by atoms with E-state index in [1.165, 1.54) is 9.79 Å². The van der Waals surface area contributed by atoms with Crippen molar-refractivity contribution in [2.24, 2.45) is 0 Å². The molecular weight excluding hydrogens is 657 g/mol. The lowest BCUT2D eigenvalue weighted by atomic mass is 9.98. The quantitative estimate of drug-likeness (QED) is 0.174. The van der Waals surface area contributed by atoms with E-state index in [0.717, 1.165) is 43.5 Å². The molecule has 1 aliphatic rings. The fourth-order valence-corrected chi connectivity index (χ4v) is 11.0. The van der Waals surface area contributed by atoms with Gasteiger partial charge >= 0.3 is 0 Å². The van der Waals surface area contributed by atoms with Gasteiger partial charge in [0.15, 0.2) is 17.5 Å². The number of para-hydroxylation sites is 2. The van der Waals surface area contributed by atoms with Gasteiger partial charge in [0.1, 0.15) is 11.5 Å². The minimum atomic E-state index is -1.98. The maximum atomic E-state index is 10.4. The maximum absolute atomic E-state index is 10.4. The first-order chi connectivity index (χ1) is 25.7. The third-order valence-electron chi connectivity index (χ3n) is 9.22. The molecular formula is C46H30N4OS. The van der Waals surface area contributed by atoms with E-state index in [9.17, 15) is 5.26 Å². The Balaban J connectivity index is 1.28. The van der Waals surface area contributed by atoms with Gasteiger partial charge in [0, 0.05) is 41.8 Å². The Hall–Kier alpha value is -6.81. The Morgan fingerprint density at radius 3 is 1.50 bits per heavy atom. The molecule has 0 spiro atoms. The van der Waals surface area contributed by atoms with E-state index < -0.39 is 10.0 Å². The van der Waals surface area contributed by atoms with Crippen LogP contribution in [0.3, 0.4) is 0 Å². The molecule has 0 N–H and O–H groups in total. The Bertz CT molecular complexity index is 2510. The zero-order valence-corrected chi connectivity index (χ0v) is 28.7. The predicted molar refractivity (Wildman–Crippen MR) is 206 cm³/mol. The van der Waals surface area contributed by atoms with Gasteiger partial charge < -0.3 is 4.74 Å². The minimum absolute atomic E-state index is 0.482. The van der Waals surface area contributed by atoms with Gasteiger partial charge in [-0.3, -0.25) is 0 Å². The zero-order valence-electron chi connectivity index (χ0n) is 27.9. The van der Waals surface area contributed by atoms with Gasteiger partial charge in [0.2, 0.25) is 0 Å². The van der Waals surface area contributed by atoms with Crippen LogP contribution in [0.25, 0.3) is 45.3 Å². The van der Waals surface area contributed by atoms with Crippen molar-refractivity contribution in [1.82, 2.24) is 15.0 Å². The van der Waals surface area contributed by atoms with Crippen LogP contribution < -0.4 is 4.74 Å². The molecule has 5 nitrogen and oxygen atoms in total. The second-order valence-electron chi connectivity index (χ2n) is 12.4. The highest BCUT2D eigenvalue weighted by molar-refractivity contribution is 8.34. The van der Waals surface area contributed by atoms with Crippen molar-refractivity contribution in [2.45, 2.75) is 19.6 Å².